The summed E-state index contributed by atoms with van der Waals surface area (Å²) in [6.45, 7) is 6.83. The highest BCUT2D eigenvalue weighted by Crippen LogP contribution is 2.28. The first-order valence-corrected chi connectivity index (χ1v) is 6.29. The third-order valence-electron chi connectivity index (χ3n) is 3.58. The van der Waals surface area contributed by atoms with Crippen LogP contribution in [0.4, 0.5) is 0 Å². The monoisotopic (exact) mass is 239 g/mol. The molecule has 0 saturated heterocycles. The molecule has 1 rings (SSSR count). The molecule has 90 valence electrons. The Morgan fingerprint density at radius 3 is 2.44 bits per heavy atom. The Hall–Kier alpha value is -0.530. The minimum Gasteiger partial charge on any atom is -0.316 e. The fraction of sp³-hybridized carbons (Fsp3) is 0.571. The summed E-state index contributed by atoms with van der Waals surface area (Å²) in [5.41, 5.74) is 1.51. The Bertz CT molecular complexity index is 333. The van der Waals surface area contributed by atoms with Crippen LogP contribution in [0.2, 0.25) is 5.02 Å². The van der Waals surface area contributed by atoms with Gasteiger partial charge in [0.2, 0.25) is 0 Å². The van der Waals surface area contributed by atoms with E-state index in [4.69, 9.17) is 11.6 Å². The van der Waals surface area contributed by atoms with Gasteiger partial charge in [-0.05, 0) is 36.9 Å². The van der Waals surface area contributed by atoms with Crippen LogP contribution < -0.4 is 5.32 Å². The van der Waals surface area contributed by atoms with Gasteiger partial charge < -0.3 is 5.32 Å². The largest absolute Gasteiger partial charge is 0.316 e. The van der Waals surface area contributed by atoms with Crippen molar-refractivity contribution in [1.82, 2.24) is 5.32 Å². The first kappa shape index (κ1) is 13.5. The van der Waals surface area contributed by atoms with Crippen LogP contribution in [0.5, 0.6) is 0 Å². The van der Waals surface area contributed by atoms with Gasteiger partial charge in [-0.15, -0.1) is 0 Å². The molecule has 0 spiro atoms. The average Bonchev–Trinajstić information content (AvgIpc) is 2.27. The van der Waals surface area contributed by atoms with Crippen LogP contribution in [0.3, 0.4) is 0 Å². The molecule has 1 aromatic carbocycles. The predicted molar refractivity (Wildman–Crippen MR) is 72.1 cm³/mol. The lowest BCUT2D eigenvalue weighted by atomic mass is 9.79. The number of hydrogen-bond acceptors (Lipinski definition) is 1. The Balaban J connectivity index is 2.82. The smallest absolute Gasteiger partial charge is 0.0438 e. The number of nitrogens with one attached hydrogen (secondary N) is 1. The fourth-order valence-corrected chi connectivity index (χ4v) is 2.11. The Kier molecular flexibility index (Phi) is 4.82. The Labute approximate surface area is 104 Å². The topological polar surface area (TPSA) is 12.0 Å². The molecule has 0 heterocycles. The molecule has 16 heavy (non-hydrogen) atoms. The highest BCUT2D eigenvalue weighted by atomic mass is 35.5. The van der Waals surface area contributed by atoms with Crippen molar-refractivity contribution in [3.63, 3.8) is 0 Å². The maximum absolute atomic E-state index is 6.19. The normalized spacial score (nSPS) is 13.8. The summed E-state index contributed by atoms with van der Waals surface area (Å²) in [6, 6.07) is 8.55. The molecule has 1 aromatic rings. The van der Waals surface area contributed by atoms with E-state index in [0.717, 1.165) is 17.9 Å². The molecule has 1 N–H and O–H groups in total. The average molecular weight is 240 g/mol. The van der Waals surface area contributed by atoms with E-state index in [0.29, 0.717) is 6.04 Å². The van der Waals surface area contributed by atoms with E-state index in [1.807, 2.05) is 25.2 Å². The number of rotatable bonds is 5. The Morgan fingerprint density at radius 1 is 1.31 bits per heavy atom. The number of benzene rings is 1. The second-order valence-corrected chi connectivity index (χ2v) is 5.39. The van der Waals surface area contributed by atoms with Crippen LogP contribution in [0.15, 0.2) is 24.3 Å². The van der Waals surface area contributed by atoms with Gasteiger partial charge in [0.05, 0.1) is 0 Å². The van der Waals surface area contributed by atoms with Crippen LogP contribution in [0.1, 0.15) is 32.8 Å². The maximum Gasteiger partial charge on any atom is 0.0438 e. The standard InChI is InChI=1S/C14H22ClN/c1-5-14(2,3)13(16-4)10-11-8-6-7-9-12(11)15/h6-9,13,16H,5,10H2,1-4H3. The van der Waals surface area contributed by atoms with E-state index < -0.39 is 0 Å². The van der Waals surface area contributed by atoms with Crippen LogP contribution in [-0.4, -0.2) is 13.1 Å². The van der Waals surface area contributed by atoms with Gasteiger partial charge >= 0.3 is 0 Å². The van der Waals surface area contributed by atoms with Gasteiger partial charge in [-0.2, -0.15) is 0 Å². The van der Waals surface area contributed by atoms with Crippen molar-refractivity contribution in [2.75, 3.05) is 7.05 Å². The SMILES string of the molecule is CCC(C)(C)C(Cc1ccccc1Cl)NC. The number of halogens is 1. The molecule has 0 saturated carbocycles. The minimum atomic E-state index is 0.286. The van der Waals surface area contributed by atoms with Crippen molar-refractivity contribution >= 4 is 11.6 Å². The lowest BCUT2D eigenvalue weighted by molar-refractivity contribution is 0.240. The van der Waals surface area contributed by atoms with E-state index in [2.05, 4.69) is 32.2 Å². The zero-order valence-corrected chi connectivity index (χ0v) is 11.4. The second kappa shape index (κ2) is 5.70. The van der Waals surface area contributed by atoms with Crippen LogP contribution in [-0.2, 0) is 6.42 Å². The predicted octanol–water partition coefficient (Wildman–Crippen LogP) is 3.91. The molecule has 1 nitrogen and oxygen atoms in total. The number of hydrogen-bond donors (Lipinski definition) is 1. The second-order valence-electron chi connectivity index (χ2n) is 4.98. The summed E-state index contributed by atoms with van der Waals surface area (Å²) in [6.07, 6.45) is 2.14. The number of likely N-dealkylation sites (N-methyl/N-ethyl adjacent to an activating group) is 1. The maximum atomic E-state index is 6.19. The molecule has 1 atom stereocenters. The minimum absolute atomic E-state index is 0.286. The van der Waals surface area contributed by atoms with E-state index in [9.17, 15) is 0 Å². The zero-order chi connectivity index (χ0) is 12.2. The van der Waals surface area contributed by atoms with Gasteiger partial charge in [0.25, 0.3) is 0 Å². The molecule has 0 aromatic heterocycles. The van der Waals surface area contributed by atoms with E-state index in [1.54, 1.807) is 0 Å². The third kappa shape index (κ3) is 3.23. The molecule has 0 amide bonds. The van der Waals surface area contributed by atoms with Crippen LogP contribution in [0, 0.1) is 5.41 Å². The molecule has 0 fully saturated rings. The summed E-state index contributed by atoms with van der Waals surface area (Å²) in [4.78, 5) is 0. The van der Waals surface area contributed by atoms with Crippen molar-refractivity contribution in [1.29, 1.82) is 0 Å². The van der Waals surface area contributed by atoms with Crippen molar-refractivity contribution in [2.24, 2.45) is 5.41 Å². The summed E-state index contributed by atoms with van der Waals surface area (Å²) >= 11 is 6.19. The van der Waals surface area contributed by atoms with E-state index in [-0.39, 0.29) is 5.41 Å². The van der Waals surface area contributed by atoms with Gasteiger partial charge in [0.1, 0.15) is 0 Å². The summed E-state index contributed by atoms with van der Waals surface area (Å²) < 4.78 is 0. The van der Waals surface area contributed by atoms with E-state index in [1.165, 1.54) is 5.56 Å². The molecule has 1 unspecified atom stereocenters. The van der Waals surface area contributed by atoms with E-state index >= 15 is 0 Å². The molecule has 0 radical (unpaired) electrons. The third-order valence-corrected chi connectivity index (χ3v) is 3.95. The van der Waals surface area contributed by atoms with Crippen LogP contribution in [0.25, 0.3) is 0 Å². The Morgan fingerprint density at radius 2 is 1.94 bits per heavy atom. The highest BCUT2D eigenvalue weighted by molar-refractivity contribution is 6.31. The van der Waals surface area contributed by atoms with Gasteiger partial charge in [-0.1, -0.05) is 50.6 Å². The molecule has 0 aliphatic heterocycles. The first-order valence-electron chi connectivity index (χ1n) is 5.92. The lowest BCUT2D eigenvalue weighted by Crippen LogP contribution is -2.41. The first-order chi connectivity index (χ1) is 7.51. The highest BCUT2D eigenvalue weighted by Gasteiger charge is 2.26. The zero-order valence-electron chi connectivity index (χ0n) is 10.7. The van der Waals surface area contributed by atoms with Crippen molar-refractivity contribution in [3.8, 4) is 0 Å². The molecular weight excluding hydrogens is 218 g/mol. The van der Waals surface area contributed by atoms with Gasteiger partial charge in [-0.3, -0.25) is 0 Å². The molecule has 0 aliphatic carbocycles. The fourth-order valence-electron chi connectivity index (χ4n) is 1.90. The molecule has 2 heteroatoms. The molecule has 0 bridgehead atoms. The van der Waals surface area contributed by atoms with Crippen molar-refractivity contribution in [2.45, 2.75) is 39.7 Å². The lowest BCUT2D eigenvalue weighted by Gasteiger charge is -2.33. The summed E-state index contributed by atoms with van der Waals surface area (Å²) in [7, 11) is 2.03. The van der Waals surface area contributed by atoms with Gasteiger partial charge in [0, 0.05) is 11.1 Å². The quantitative estimate of drug-likeness (QED) is 0.822. The van der Waals surface area contributed by atoms with Crippen molar-refractivity contribution < 1.29 is 0 Å². The van der Waals surface area contributed by atoms with Gasteiger partial charge in [0.15, 0.2) is 0 Å². The molecule has 0 aliphatic rings. The summed E-state index contributed by atoms with van der Waals surface area (Å²) in [5, 5.41) is 4.28. The van der Waals surface area contributed by atoms with Crippen molar-refractivity contribution in [3.05, 3.63) is 34.9 Å². The van der Waals surface area contributed by atoms with Crippen LogP contribution >= 0.6 is 11.6 Å². The molecular formula is C14H22ClN. The summed E-state index contributed by atoms with van der Waals surface area (Å²) in [5.74, 6) is 0. The van der Waals surface area contributed by atoms with Gasteiger partial charge in [-0.25, -0.2) is 0 Å².